The van der Waals surface area contributed by atoms with Crippen molar-refractivity contribution in [1.82, 2.24) is 4.98 Å². The number of allylic oxidation sites excluding steroid dienone is 8. The van der Waals surface area contributed by atoms with Gasteiger partial charge in [0.05, 0.1) is 0 Å². The Morgan fingerprint density at radius 3 is 3.00 bits per heavy atom. The summed E-state index contributed by atoms with van der Waals surface area (Å²) in [5, 5.41) is 0. The zero-order valence-corrected chi connectivity index (χ0v) is 14.9. The van der Waals surface area contributed by atoms with Gasteiger partial charge in [-0.25, -0.2) is 4.98 Å². The van der Waals surface area contributed by atoms with Crippen molar-refractivity contribution >= 4 is 5.82 Å². The average molecular weight is 320 g/mol. The van der Waals surface area contributed by atoms with Crippen LogP contribution in [0.1, 0.15) is 39.5 Å². The van der Waals surface area contributed by atoms with Crippen LogP contribution in [0, 0.1) is 0 Å². The van der Waals surface area contributed by atoms with Gasteiger partial charge in [0.1, 0.15) is 5.82 Å². The van der Waals surface area contributed by atoms with Gasteiger partial charge in [0, 0.05) is 17.9 Å². The third kappa shape index (κ3) is 5.38. The van der Waals surface area contributed by atoms with Crippen molar-refractivity contribution in [3.8, 4) is 0 Å². The molecule has 1 aliphatic carbocycles. The molecule has 2 heteroatoms. The Morgan fingerprint density at radius 2 is 2.25 bits per heavy atom. The van der Waals surface area contributed by atoms with E-state index in [1.807, 2.05) is 18.3 Å². The van der Waals surface area contributed by atoms with E-state index in [9.17, 15) is 0 Å². The highest BCUT2D eigenvalue weighted by Gasteiger charge is 2.16. The van der Waals surface area contributed by atoms with E-state index in [1.54, 1.807) is 0 Å². The highest BCUT2D eigenvalue weighted by molar-refractivity contribution is 5.51. The number of rotatable bonds is 8. The Morgan fingerprint density at radius 1 is 1.38 bits per heavy atom. The first-order valence-corrected chi connectivity index (χ1v) is 8.83. The second-order valence-electron chi connectivity index (χ2n) is 6.11. The van der Waals surface area contributed by atoms with Crippen LogP contribution >= 0.6 is 0 Å². The van der Waals surface area contributed by atoms with Gasteiger partial charge in [0.25, 0.3) is 0 Å². The summed E-state index contributed by atoms with van der Waals surface area (Å²) in [4.78, 5) is 6.77. The molecule has 1 aromatic rings. The first kappa shape index (κ1) is 18.0. The standard InChI is InChI=1S/C22H28N2/c1-4-5-12-19(2)24(22-15-10-11-18-23-22)20(3)16-17-21-13-8-6-7-9-14-21/h6,8-11,13-19H,3-5,7,12H2,1-2H3/b17-16+/t19-/m1/s1. The van der Waals surface area contributed by atoms with Gasteiger partial charge in [0.15, 0.2) is 0 Å². The molecule has 0 aliphatic heterocycles. The summed E-state index contributed by atoms with van der Waals surface area (Å²) in [7, 11) is 0. The lowest BCUT2D eigenvalue weighted by Gasteiger charge is -2.30. The van der Waals surface area contributed by atoms with Crippen molar-refractivity contribution in [2.24, 2.45) is 0 Å². The van der Waals surface area contributed by atoms with Crippen LogP contribution in [0.25, 0.3) is 0 Å². The third-order valence-electron chi connectivity index (χ3n) is 4.10. The van der Waals surface area contributed by atoms with E-state index in [-0.39, 0.29) is 0 Å². The molecule has 0 fully saturated rings. The summed E-state index contributed by atoms with van der Waals surface area (Å²) in [6, 6.07) is 6.40. The van der Waals surface area contributed by atoms with E-state index in [4.69, 9.17) is 0 Å². The Hall–Kier alpha value is -2.35. The number of hydrogen-bond acceptors (Lipinski definition) is 2. The number of aromatic nitrogens is 1. The van der Waals surface area contributed by atoms with Gasteiger partial charge < -0.3 is 4.90 Å². The number of unbranched alkanes of at least 4 members (excludes halogenated alkanes) is 1. The van der Waals surface area contributed by atoms with Gasteiger partial charge in [-0.1, -0.05) is 68.9 Å². The van der Waals surface area contributed by atoms with Gasteiger partial charge in [-0.15, -0.1) is 0 Å². The second-order valence-corrected chi connectivity index (χ2v) is 6.11. The van der Waals surface area contributed by atoms with Crippen LogP contribution in [0.5, 0.6) is 0 Å². The lowest BCUT2D eigenvalue weighted by molar-refractivity contribution is 0.589. The molecule has 126 valence electrons. The molecule has 0 saturated carbocycles. The van der Waals surface area contributed by atoms with Crippen molar-refractivity contribution in [3.63, 3.8) is 0 Å². The topological polar surface area (TPSA) is 16.1 Å². The van der Waals surface area contributed by atoms with E-state index >= 15 is 0 Å². The lowest BCUT2D eigenvalue weighted by Crippen LogP contribution is -2.32. The third-order valence-corrected chi connectivity index (χ3v) is 4.10. The van der Waals surface area contributed by atoms with Crippen molar-refractivity contribution < 1.29 is 0 Å². The molecule has 0 bridgehead atoms. The smallest absolute Gasteiger partial charge is 0.133 e. The average Bonchev–Trinajstić information content (AvgIpc) is 2.88. The van der Waals surface area contributed by atoms with E-state index in [2.05, 4.69) is 78.9 Å². The van der Waals surface area contributed by atoms with Crippen molar-refractivity contribution in [2.45, 2.75) is 45.6 Å². The minimum Gasteiger partial charge on any atom is -0.324 e. The van der Waals surface area contributed by atoms with Gasteiger partial charge in [-0.2, -0.15) is 0 Å². The zero-order chi connectivity index (χ0) is 17.2. The lowest BCUT2D eigenvalue weighted by atomic mass is 10.1. The number of anilines is 1. The highest BCUT2D eigenvalue weighted by atomic mass is 15.2. The van der Waals surface area contributed by atoms with Crippen LogP contribution < -0.4 is 4.90 Å². The number of pyridine rings is 1. The molecule has 0 unspecified atom stereocenters. The normalized spacial score (nSPS) is 15.2. The Balaban J connectivity index is 2.18. The van der Waals surface area contributed by atoms with E-state index in [0.717, 1.165) is 24.4 Å². The van der Waals surface area contributed by atoms with E-state index < -0.39 is 0 Å². The number of hydrogen-bond donors (Lipinski definition) is 0. The molecule has 0 N–H and O–H groups in total. The molecule has 2 rings (SSSR count). The summed E-state index contributed by atoms with van der Waals surface area (Å²) in [5.41, 5.74) is 2.16. The summed E-state index contributed by atoms with van der Waals surface area (Å²) in [5.74, 6) is 0.959. The molecule has 2 nitrogen and oxygen atoms in total. The molecule has 24 heavy (non-hydrogen) atoms. The second kappa shape index (κ2) is 9.71. The molecule has 1 heterocycles. The Labute approximate surface area is 146 Å². The Kier molecular flexibility index (Phi) is 7.28. The molecular formula is C22H28N2. The van der Waals surface area contributed by atoms with Crippen molar-refractivity contribution in [2.75, 3.05) is 4.90 Å². The molecule has 1 atom stereocenters. The molecule has 0 aromatic carbocycles. The van der Waals surface area contributed by atoms with Crippen LogP contribution in [0.3, 0.4) is 0 Å². The zero-order valence-electron chi connectivity index (χ0n) is 14.9. The summed E-state index contributed by atoms with van der Waals surface area (Å²) in [6.45, 7) is 8.77. The number of nitrogens with zero attached hydrogens (tertiary/aromatic N) is 2. The minimum absolute atomic E-state index is 0.371. The van der Waals surface area contributed by atoms with E-state index in [1.165, 1.54) is 18.4 Å². The van der Waals surface area contributed by atoms with E-state index in [0.29, 0.717) is 6.04 Å². The largest absolute Gasteiger partial charge is 0.324 e. The highest BCUT2D eigenvalue weighted by Crippen LogP contribution is 2.23. The van der Waals surface area contributed by atoms with Crippen LogP contribution in [0.4, 0.5) is 5.82 Å². The molecule has 1 aromatic heterocycles. The maximum Gasteiger partial charge on any atom is 0.133 e. The van der Waals surface area contributed by atoms with Gasteiger partial charge in [-0.05, 0) is 43.5 Å². The quantitative estimate of drug-likeness (QED) is 0.548. The maximum atomic E-state index is 4.53. The van der Waals surface area contributed by atoms with Crippen LogP contribution in [0.15, 0.2) is 84.8 Å². The molecule has 0 spiro atoms. The fourth-order valence-corrected chi connectivity index (χ4v) is 2.76. The predicted molar refractivity (Wildman–Crippen MR) is 105 cm³/mol. The Bertz CT molecular complexity index is 635. The summed E-state index contributed by atoms with van der Waals surface area (Å²) in [6.07, 6.45) is 21.3. The minimum atomic E-state index is 0.371. The molecule has 0 amide bonds. The summed E-state index contributed by atoms with van der Waals surface area (Å²) >= 11 is 0. The summed E-state index contributed by atoms with van der Waals surface area (Å²) < 4.78 is 0. The monoisotopic (exact) mass is 320 g/mol. The maximum absolute atomic E-state index is 4.53. The van der Waals surface area contributed by atoms with Gasteiger partial charge in [-0.3, -0.25) is 0 Å². The molecule has 1 aliphatic rings. The van der Waals surface area contributed by atoms with Gasteiger partial charge >= 0.3 is 0 Å². The molecule has 0 saturated heterocycles. The fraction of sp³-hybridized carbons (Fsp3) is 0.318. The fourth-order valence-electron chi connectivity index (χ4n) is 2.76. The van der Waals surface area contributed by atoms with Crippen LogP contribution in [-0.4, -0.2) is 11.0 Å². The van der Waals surface area contributed by atoms with Crippen molar-refractivity contribution in [1.29, 1.82) is 0 Å². The predicted octanol–water partition coefficient (Wildman–Crippen LogP) is 5.98. The molecular weight excluding hydrogens is 292 g/mol. The van der Waals surface area contributed by atoms with Crippen molar-refractivity contribution in [3.05, 3.63) is 84.8 Å². The first-order valence-electron chi connectivity index (χ1n) is 8.83. The first-order chi connectivity index (χ1) is 11.7. The van der Waals surface area contributed by atoms with Crippen LogP contribution in [0.2, 0.25) is 0 Å². The molecule has 0 radical (unpaired) electrons. The SMILES string of the molecule is C=C(/C=C/C1=CC=CCC=C1)N(c1ccccn1)[C@H](C)CCCC. The van der Waals surface area contributed by atoms with Gasteiger partial charge in [0.2, 0.25) is 0 Å². The van der Waals surface area contributed by atoms with Crippen LogP contribution in [-0.2, 0) is 0 Å².